The monoisotopic (exact) mass is 179 g/mol. The van der Waals surface area contributed by atoms with Crippen LogP contribution in [0.4, 0.5) is 5.82 Å². The molecule has 1 aromatic rings. The first-order valence-corrected chi connectivity index (χ1v) is 4.21. The number of fused-ring (bicyclic) bond motifs is 1. The number of allylic oxidation sites excluding steroid dienone is 1. The average Bonchev–Trinajstić information content (AvgIpc) is 2.31. The number of nitrogens with one attached hydrogen (secondary N) is 2. The highest BCUT2D eigenvalue weighted by molar-refractivity contribution is 7.71. The minimum atomic E-state index is 0.382. The van der Waals surface area contributed by atoms with Crippen molar-refractivity contribution in [1.82, 2.24) is 9.97 Å². The Balaban J connectivity index is 2.56. The molecule has 0 spiro atoms. The Morgan fingerprint density at radius 3 is 3.17 bits per heavy atom. The van der Waals surface area contributed by atoms with E-state index < -0.39 is 0 Å². The van der Waals surface area contributed by atoms with Gasteiger partial charge in [0.25, 0.3) is 0 Å². The van der Waals surface area contributed by atoms with Crippen molar-refractivity contribution < 1.29 is 0 Å². The molecule has 0 bridgehead atoms. The molecule has 62 valence electrons. The van der Waals surface area contributed by atoms with Gasteiger partial charge in [-0.3, -0.25) is 0 Å². The molecule has 2 heterocycles. The first-order chi connectivity index (χ1) is 5.75. The summed E-state index contributed by atoms with van der Waals surface area (Å²) < 4.78 is 0.622. The summed E-state index contributed by atoms with van der Waals surface area (Å²) in [6.45, 7) is 2.08. The molecule has 2 N–H and O–H groups in total. The van der Waals surface area contributed by atoms with E-state index in [-0.39, 0.29) is 0 Å². The molecular weight excluding hydrogens is 170 g/mol. The standard InChI is InChI=1S/C8H9N3S/c1-5-2-3-6-7(9-4-5)11-8(12)10-6/h2-5H,1H3,(H2,10,11,12). The number of hydrogen-bond acceptors (Lipinski definition) is 2. The lowest BCUT2D eigenvalue weighted by atomic mass is 10.2. The van der Waals surface area contributed by atoms with Gasteiger partial charge in [0.1, 0.15) is 0 Å². The molecule has 1 aromatic heterocycles. The molecule has 0 saturated heterocycles. The molecule has 0 aromatic carbocycles. The van der Waals surface area contributed by atoms with Gasteiger partial charge < -0.3 is 9.97 Å². The van der Waals surface area contributed by atoms with E-state index in [1.807, 2.05) is 12.3 Å². The smallest absolute Gasteiger partial charge is 0.176 e. The minimum absolute atomic E-state index is 0.382. The Morgan fingerprint density at radius 1 is 1.50 bits per heavy atom. The van der Waals surface area contributed by atoms with Gasteiger partial charge in [-0.15, -0.1) is 0 Å². The molecule has 0 amide bonds. The van der Waals surface area contributed by atoms with Crippen molar-refractivity contribution in [3.05, 3.63) is 16.5 Å². The first kappa shape index (κ1) is 7.49. The molecule has 0 radical (unpaired) electrons. The fourth-order valence-corrected chi connectivity index (χ4v) is 1.31. The molecule has 0 aliphatic carbocycles. The molecule has 3 nitrogen and oxygen atoms in total. The van der Waals surface area contributed by atoms with Gasteiger partial charge >= 0.3 is 0 Å². The van der Waals surface area contributed by atoms with Crippen LogP contribution >= 0.6 is 12.2 Å². The molecule has 4 heteroatoms. The molecule has 1 aliphatic heterocycles. The number of imidazole rings is 1. The van der Waals surface area contributed by atoms with E-state index >= 15 is 0 Å². The van der Waals surface area contributed by atoms with E-state index in [0.717, 1.165) is 11.5 Å². The number of aromatic amines is 2. The van der Waals surface area contributed by atoms with Crippen LogP contribution in [-0.4, -0.2) is 16.2 Å². The van der Waals surface area contributed by atoms with Crippen molar-refractivity contribution >= 4 is 30.3 Å². The zero-order valence-corrected chi connectivity index (χ0v) is 7.48. The van der Waals surface area contributed by atoms with Crippen LogP contribution in [0.25, 0.3) is 6.08 Å². The van der Waals surface area contributed by atoms with Crippen molar-refractivity contribution in [3.63, 3.8) is 0 Å². The van der Waals surface area contributed by atoms with E-state index in [2.05, 4.69) is 28.0 Å². The number of aliphatic imine (C=N–C) groups is 1. The van der Waals surface area contributed by atoms with Gasteiger partial charge in [0.15, 0.2) is 10.6 Å². The number of hydrogen-bond donors (Lipinski definition) is 2. The second-order valence-electron chi connectivity index (χ2n) is 2.84. The summed E-state index contributed by atoms with van der Waals surface area (Å²) in [6.07, 6.45) is 5.97. The molecule has 0 saturated carbocycles. The second kappa shape index (κ2) is 2.71. The molecule has 1 unspecified atom stereocenters. The Bertz CT molecular complexity index is 362. The lowest BCUT2D eigenvalue weighted by molar-refractivity contribution is 1.03. The third-order valence-corrected chi connectivity index (χ3v) is 1.94. The summed E-state index contributed by atoms with van der Waals surface area (Å²) in [5, 5.41) is 0. The second-order valence-corrected chi connectivity index (χ2v) is 3.25. The molecule has 0 fully saturated rings. The quantitative estimate of drug-likeness (QED) is 0.590. The fraction of sp³-hybridized carbons (Fsp3) is 0.250. The van der Waals surface area contributed by atoms with E-state index in [1.165, 1.54) is 0 Å². The summed E-state index contributed by atoms with van der Waals surface area (Å²) in [6, 6.07) is 0. The average molecular weight is 179 g/mol. The zero-order chi connectivity index (χ0) is 8.55. The molecular formula is C8H9N3S. The molecule has 2 rings (SSSR count). The van der Waals surface area contributed by atoms with Crippen LogP contribution in [-0.2, 0) is 0 Å². The van der Waals surface area contributed by atoms with E-state index in [0.29, 0.717) is 10.7 Å². The van der Waals surface area contributed by atoms with Crippen LogP contribution in [0.2, 0.25) is 0 Å². The van der Waals surface area contributed by atoms with Crippen LogP contribution < -0.4 is 0 Å². The number of nitrogens with zero attached hydrogens (tertiary/aromatic N) is 1. The maximum Gasteiger partial charge on any atom is 0.176 e. The highest BCUT2D eigenvalue weighted by atomic mass is 32.1. The van der Waals surface area contributed by atoms with Gasteiger partial charge in [0.05, 0.1) is 5.69 Å². The Kier molecular flexibility index (Phi) is 1.69. The molecule has 1 atom stereocenters. The maximum atomic E-state index is 4.94. The van der Waals surface area contributed by atoms with Crippen LogP contribution in [0.3, 0.4) is 0 Å². The maximum absolute atomic E-state index is 4.94. The number of H-pyrrole nitrogens is 2. The third-order valence-electron chi connectivity index (χ3n) is 1.74. The summed E-state index contributed by atoms with van der Waals surface area (Å²) in [5.41, 5.74) is 0.959. The fourth-order valence-electron chi connectivity index (χ4n) is 1.10. The minimum Gasteiger partial charge on any atom is -0.329 e. The van der Waals surface area contributed by atoms with Gasteiger partial charge in [0.2, 0.25) is 0 Å². The lowest BCUT2D eigenvalue weighted by Crippen LogP contribution is -1.86. The molecule has 12 heavy (non-hydrogen) atoms. The van der Waals surface area contributed by atoms with Crippen molar-refractivity contribution in [1.29, 1.82) is 0 Å². The zero-order valence-electron chi connectivity index (χ0n) is 6.66. The summed E-state index contributed by atoms with van der Waals surface area (Å²) in [4.78, 5) is 10.2. The summed E-state index contributed by atoms with van der Waals surface area (Å²) in [7, 11) is 0. The lowest BCUT2D eigenvalue weighted by Gasteiger charge is -1.90. The number of aromatic nitrogens is 2. The number of rotatable bonds is 0. The van der Waals surface area contributed by atoms with Gasteiger partial charge in [0, 0.05) is 12.1 Å². The van der Waals surface area contributed by atoms with Crippen LogP contribution in [0.15, 0.2) is 11.1 Å². The first-order valence-electron chi connectivity index (χ1n) is 3.80. The normalized spacial score (nSPS) is 20.6. The summed E-state index contributed by atoms with van der Waals surface area (Å²) >= 11 is 4.94. The van der Waals surface area contributed by atoms with Gasteiger partial charge in [-0.05, 0) is 18.3 Å². The van der Waals surface area contributed by atoms with Crippen molar-refractivity contribution in [2.45, 2.75) is 6.92 Å². The van der Waals surface area contributed by atoms with Crippen molar-refractivity contribution in [2.75, 3.05) is 0 Å². The van der Waals surface area contributed by atoms with E-state index in [9.17, 15) is 0 Å². The topological polar surface area (TPSA) is 43.9 Å². The highest BCUT2D eigenvalue weighted by Crippen LogP contribution is 2.19. The largest absolute Gasteiger partial charge is 0.329 e. The Morgan fingerprint density at radius 2 is 2.33 bits per heavy atom. The predicted molar refractivity (Wildman–Crippen MR) is 52.3 cm³/mol. The highest BCUT2D eigenvalue weighted by Gasteiger charge is 2.04. The summed E-state index contributed by atoms with van der Waals surface area (Å²) in [5.74, 6) is 1.20. The van der Waals surface area contributed by atoms with Crippen LogP contribution in [0, 0.1) is 10.7 Å². The van der Waals surface area contributed by atoms with E-state index in [4.69, 9.17) is 12.2 Å². The SMILES string of the molecule is CC1C=Cc2[nH]c(=S)[nH]c2N=C1. The Labute approximate surface area is 75.2 Å². The van der Waals surface area contributed by atoms with Crippen LogP contribution in [0.5, 0.6) is 0 Å². The van der Waals surface area contributed by atoms with Gasteiger partial charge in [-0.1, -0.05) is 13.0 Å². The predicted octanol–water partition coefficient (Wildman–Crippen LogP) is 2.44. The molecule has 1 aliphatic rings. The van der Waals surface area contributed by atoms with E-state index in [1.54, 1.807) is 0 Å². The third kappa shape index (κ3) is 1.25. The van der Waals surface area contributed by atoms with Gasteiger partial charge in [-0.2, -0.15) is 0 Å². The Hall–Kier alpha value is -1.16. The van der Waals surface area contributed by atoms with Crippen LogP contribution in [0.1, 0.15) is 12.6 Å². The van der Waals surface area contributed by atoms with Crippen molar-refractivity contribution in [2.24, 2.45) is 10.9 Å². The van der Waals surface area contributed by atoms with Crippen molar-refractivity contribution in [3.8, 4) is 0 Å². The van der Waals surface area contributed by atoms with Gasteiger partial charge in [-0.25, -0.2) is 4.99 Å².